The number of pyridine rings is 1. The molecule has 0 spiro atoms. The number of nitrogens with zero attached hydrogens (tertiary/aromatic N) is 2. The highest BCUT2D eigenvalue weighted by molar-refractivity contribution is 5.83. The number of benzene rings is 1. The maximum atomic E-state index is 14.1. The van der Waals surface area contributed by atoms with Crippen LogP contribution >= 0.6 is 0 Å². The van der Waals surface area contributed by atoms with Crippen molar-refractivity contribution >= 4 is 5.91 Å². The fraction of sp³-hybridized carbons (Fsp3) is 0.348. The monoisotopic (exact) mass is 409 g/mol. The Balaban J connectivity index is 1.54. The van der Waals surface area contributed by atoms with E-state index in [-0.39, 0.29) is 17.8 Å². The molecule has 1 amide bonds. The van der Waals surface area contributed by atoms with Crippen LogP contribution in [-0.2, 0) is 16.0 Å². The van der Waals surface area contributed by atoms with Crippen LogP contribution in [0.15, 0.2) is 59.4 Å². The minimum absolute atomic E-state index is 0.0426. The number of carbonyl (C=O) groups is 1. The lowest BCUT2D eigenvalue weighted by Gasteiger charge is -2.36. The van der Waals surface area contributed by atoms with E-state index in [9.17, 15) is 9.18 Å². The molecule has 0 saturated carbocycles. The van der Waals surface area contributed by atoms with Crippen LogP contribution in [-0.4, -0.2) is 29.3 Å². The lowest BCUT2D eigenvalue weighted by Crippen LogP contribution is -2.46. The quantitative estimate of drug-likeness (QED) is 0.663. The molecule has 0 bridgehead atoms. The Morgan fingerprint density at radius 1 is 1.20 bits per heavy atom. The third-order valence-electron chi connectivity index (χ3n) is 5.71. The predicted octanol–water partition coefficient (Wildman–Crippen LogP) is 4.09. The number of nitrogens with one attached hydrogen (secondary N) is 1. The minimum atomic E-state index is -0.661. The van der Waals surface area contributed by atoms with Crippen LogP contribution in [0.2, 0.25) is 0 Å². The molecule has 1 N–H and O–H groups in total. The van der Waals surface area contributed by atoms with Crippen molar-refractivity contribution in [2.75, 3.05) is 13.2 Å². The molecule has 7 heteroatoms. The third-order valence-corrected chi connectivity index (χ3v) is 5.71. The van der Waals surface area contributed by atoms with Crippen molar-refractivity contribution < 1.29 is 18.4 Å². The van der Waals surface area contributed by atoms with Gasteiger partial charge in [0.1, 0.15) is 17.3 Å². The Morgan fingerprint density at radius 3 is 2.67 bits per heavy atom. The Bertz CT molecular complexity index is 1000. The number of hydrogen-bond donors (Lipinski definition) is 1. The summed E-state index contributed by atoms with van der Waals surface area (Å²) in [4.78, 5) is 17.4. The van der Waals surface area contributed by atoms with Gasteiger partial charge in [-0.3, -0.25) is 9.78 Å². The van der Waals surface area contributed by atoms with Gasteiger partial charge in [0.15, 0.2) is 0 Å². The van der Waals surface area contributed by atoms with Gasteiger partial charge in [-0.05, 0) is 49.6 Å². The molecule has 1 aliphatic heterocycles. The van der Waals surface area contributed by atoms with E-state index in [0.29, 0.717) is 49.5 Å². The summed E-state index contributed by atoms with van der Waals surface area (Å²) in [5.74, 6) is 0.155. The topological polar surface area (TPSA) is 77.2 Å². The molecule has 156 valence electrons. The SMILES string of the molecule is CC(NC(=O)C1(Cc2cc(-c3ccccc3F)no2)CCOCC1)c1ccncc1. The van der Waals surface area contributed by atoms with Crippen molar-refractivity contribution in [2.45, 2.75) is 32.2 Å². The smallest absolute Gasteiger partial charge is 0.227 e. The van der Waals surface area contributed by atoms with E-state index in [2.05, 4.69) is 15.5 Å². The predicted molar refractivity (Wildman–Crippen MR) is 109 cm³/mol. The van der Waals surface area contributed by atoms with Crippen LogP contribution in [0, 0.1) is 11.2 Å². The number of amides is 1. The number of halogens is 1. The Labute approximate surface area is 174 Å². The maximum absolute atomic E-state index is 14.1. The van der Waals surface area contributed by atoms with Gasteiger partial charge in [0.2, 0.25) is 5.91 Å². The zero-order chi connectivity index (χ0) is 21.0. The van der Waals surface area contributed by atoms with Gasteiger partial charge < -0.3 is 14.6 Å². The first-order chi connectivity index (χ1) is 14.6. The number of carbonyl (C=O) groups excluding carboxylic acids is 1. The Morgan fingerprint density at radius 2 is 1.93 bits per heavy atom. The summed E-state index contributed by atoms with van der Waals surface area (Å²) in [7, 11) is 0. The van der Waals surface area contributed by atoms with Crippen LogP contribution < -0.4 is 5.32 Å². The van der Waals surface area contributed by atoms with Gasteiger partial charge in [-0.2, -0.15) is 0 Å². The summed E-state index contributed by atoms with van der Waals surface area (Å²) in [5.41, 5.74) is 1.13. The van der Waals surface area contributed by atoms with E-state index in [4.69, 9.17) is 9.26 Å². The highest BCUT2D eigenvalue weighted by atomic mass is 19.1. The third kappa shape index (κ3) is 4.26. The molecule has 1 aliphatic rings. The van der Waals surface area contributed by atoms with Gasteiger partial charge in [0.25, 0.3) is 0 Å². The molecular weight excluding hydrogens is 385 g/mol. The average Bonchev–Trinajstić information content (AvgIpc) is 3.23. The standard InChI is InChI=1S/C23H24FN3O3/c1-16(17-6-10-25-11-7-17)26-22(28)23(8-12-29-13-9-23)15-18-14-21(27-30-18)19-4-2-3-5-20(19)24/h2-7,10-11,14,16H,8-9,12-13,15H2,1H3,(H,26,28). The molecule has 0 radical (unpaired) electrons. The van der Waals surface area contributed by atoms with Gasteiger partial charge >= 0.3 is 0 Å². The van der Waals surface area contributed by atoms with Gasteiger partial charge in [-0.15, -0.1) is 0 Å². The zero-order valence-electron chi connectivity index (χ0n) is 16.8. The Hall–Kier alpha value is -3.06. The molecule has 0 aliphatic carbocycles. The van der Waals surface area contributed by atoms with Crippen molar-refractivity contribution in [1.29, 1.82) is 0 Å². The van der Waals surface area contributed by atoms with E-state index in [1.807, 2.05) is 19.1 Å². The molecule has 1 saturated heterocycles. The molecule has 1 fully saturated rings. The second kappa shape index (κ2) is 8.75. The highest BCUT2D eigenvalue weighted by Crippen LogP contribution is 2.36. The first-order valence-corrected chi connectivity index (χ1v) is 10.1. The van der Waals surface area contributed by atoms with Crippen LogP contribution in [0.4, 0.5) is 4.39 Å². The second-order valence-corrected chi connectivity index (χ2v) is 7.70. The zero-order valence-corrected chi connectivity index (χ0v) is 16.8. The van der Waals surface area contributed by atoms with E-state index in [0.717, 1.165) is 5.56 Å². The molecule has 1 unspecified atom stereocenters. The average molecular weight is 409 g/mol. The minimum Gasteiger partial charge on any atom is -0.381 e. The van der Waals surface area contributed by atoms with Gasteiger partial charge in [0, 0.05) is 43.7 Å². The highest BCUT2D eigenvalue weighted by Gasteiger charge is 2.41. The lowest BCUT2D eigenvalue weighted by atomic mass is 9.75. The van der Waals surface area contributed by atoms with E-state index in [1.54, 1.807) is 36.7 Å². The lowest BCUT2D eigenvalue weighted by molar-refractivity contribution is -0.137. The number of rotatable bonds is 6. The van der Waals surface area contributed by atoms with Gasteiger partial charge in [0.05, 0.1) is 11.5 Å². The summed E-state index contributed by atoms with van der Waals surface area (Å²) >= 11 is 0. The number of aromatic nitrogens is 2. The van der Waals surface area contributed by atoms with Crippen molar-refractivity contribution in [2.24, 2.45) is 5.41 Å². The molecule has 1 atom stereocenters. The molecule has 1 aromatic carbocycles. The van der Waals surface area contributed by atoms with Crippen LogP contribution in [0.25, 0.3) is 11.3 Å². The Kier molecular flexibility index (Phi) is 5.90. The second-order valence-electron chi connectivity index (χ2n) is 7.70. The summed E-state index contributed by atoms with van der Waals surface area (Å²) in [6, 6.07) is 11.8. The summed E-state index contributed by atoms with van der Waals surface area (Å²) in [5, 5.41) is 7.16. The molecule has 3 aromatic rings. The molecule has 4 rings (SSSR count). The van der Waals surface area contributed by atoms with E-state index >= 15 is 0 Å². The maximum Gasteiger partial charge on any atom is 0.227 e. The first-order valence-electron chi connectivity index (χ1n) is 10.1. The molecular formula is C23H24FN3O3. The van der Waals surface area contributed by atoms with E-state index in [1.165, 1.54) is 6.07 Å². The number of hydrogen-bond acceptors (Lipinski definition) is 5. The van der Waals surface area contributed by atoms with Crippen LogP contribution in [0.1, 0.15) is 37.1 Å². The molecule has 30 heavy (non-hydrogen) atoms. The first kappa shape index (κ1) is 20.2. The van der Waals surface area contributed by atoms with E-state index < -0.39 is 5.41 Å². The van der Waals surface area contributed by atoms with Crippen LogP contribution in [0.5, 0.6) is 0 Å². The normalized spacial score (nSPS) is 16.7. The summed E-state index contributed by atoms with van der Waals surface area (Å²) in [6.45, 7) is 2.96. The van der Waals surface area contributed by atoms with Crippen molar-refractivity contribution in [3.63, 3.8) is 0 Å². The number of ether oxygens (including phenoxy) is 1. The fourth-order valence-corrected chi connectivity index (χ4v) is 3.86. The molecule has 3 heterocycles. The largest absolute Gasteiger partial charge is 0.381 e. The van der Waals surface area contributed by atoms with Crippen molar-refractivity contribution in [3.8, 4) is 11.3 Å². The van der Waals surface area contributed by atoms with Crippen LogP contribution in [0.3, 0.4) is 0 Å². The fourth-order valence-electron chi connectivity index (χ4n) is 3.86. The molecule has 2 aromatic heterocycles. The molecule has 6 nitrogen and oxygen atoms in total. The van der Waals surface area contributed by atoms with Crippen molar-refractivity contribution in [1.82, 2.24) is 15.5 Å². The summed E-state index contributed by atoms with van der Waals surface area (Å²) < 4.78 is 25.1. The van der Waals surface area contributed by atoms with Crippen molar-refractivity contribution in [3.05, 3.63) is 72.0 Å². The van der Waals surface area contributed by atoms with Gasteiger partial charge in [-0.1, -0.05) is 17.3 Å². The summed E-state index contributed by atoms with van der Waals surface area (Å²) in [6.07, 6.45) is 4.96. The van der Waals surface area contributed by atoms with Gasteiger partial charge in [-0.25, -0.2) is 4.39 Å².